The van der Waals surface area contributed by atoms with E-state index in [2.05, 4.69) is 79.3 Å². The molecular formula is C19H23ClN2Si. The van der Waals surface area contributed by atoms with Crippen molar-refractivity contribution in [2.75, 3.05) is 0 Å². The van der Waals surface area contributed by atoms with Crippen molar-refractivity contribution in [1.82, 2.24) is 9.97 Å². The zero-order valence-corrected chi connectivity index (χ0v) is 15.6. The zero-order chi connectivity index (χ0) is 16.8. The van der Waals surface area contributed by atoms with Gasteiger partial charge in [0.05, 0.1) is 6.33 Å². The average Bonchev–Trinajstić information content (AvgIpc) is 3.14. The molecule has 0 radical (unpaired) electrons. The van der Waals surface area contributed by atoms with Crippen molar-refractivity contribution in [1.29, 1.82) is 0 Å². The summed E-state index contributed by atoms with van der Waals surface area (Å²) < 4.78 is 0. The van der Waals surface area contributed by atoms with E-state index in [1.165, 1.54) is 10.4 Å². The Kier molecular flexibility index (Phi) is 5.80. The van der Waals surface area contributed by atoms with E-state index in [0.29, 0.717) is 0 Å². The fourth-order valence-electron chi connectivity index (χ4n) is 2.58. The summed E-state index contributed by atoms with van der Waals surface area (Å²) in [6, 6.07) is 21.1. The number of imidazole rings is 1. The van der Waals surface area contributed by atoms with E-state index in [9.17, 15) is 0 Å². The summed E-state index contributed by atoms with van der Waals surface area (Å²) >= 11 is 7.21. The Morgan fingerprint density at radius 1 is 0.870 bits per heavy atom. The molecule has 0 bridgehead atoms. The van der Waals surface area contributed by atoms with Crippen molar-refractivity contribution in [3.63, 3.8) is 0 Å². The third-order valence-electron chi connectivity index (χ3n) is 3.78. The lowest BCUT2D eigenvalue weighted by atomic mass is 10.2. The highest BCUT2D eigenvalue weighted by Crippen LogP contribution is 2.38. The molecule has 0 saturated heterocycles. The van der Waals surface area contributed by atoms with E-state index in [1.807, 2.05) is 12.1 Å². The number of benzene rings is 2. The highest BCUT2D eigenvalue weighted by atomic mass is 35.6. The quantitative estimate of drug-likeness (QED) is 0.549. The summed E-state index contributed by atoms with van der Waals surface area (Å²) in [5.41, 5.74) is 0. The fourth-order valence-corrected chi connectivity index (χ4v) is 6.71. The van der Waals surface area contributed by atoms with Crippen LogP contribution in [0, 0.1) is 0 Å². The molecule has 0 unspecified atom stereocenters. The maximum absolute atomic E-state index is 7.21. The topological polar surface area (TPSA) is 28.7 Å². The average molecular weight is 343 g/mol. The van der Waals surface area contributed by atoms with Gasteiger partial charge >= 0.3 is 0 Å². The van der Waals surface area contributed by atoms with Crippen molar-refractivity contribution in [2.24, 2.45) is 0 Å². The molecule has 0 saturated carbocycles. The molecule has 0 aliphatic rings. The van der Waals surface area contributed by atoms with Crippen LogP contribution in [0.3, 0.4) is 0 Å². The van der Waals surface area contributed by atoms with Gasteiger partial charge in [0.1, 0.15) is 0 Å². The highest BCUT2D eigenvalue weighted by Gasteiger charge is 2.46. The van der Waals surface area contributed by atoms with Crippen LogP contribution in [0.15, 0.2) is 79.4 Å². The van der Waals surface area contributed by atoms with Gasteiger partial charge in [-0.1, -0.05) is 81.4 Å². The molecule has 0 spiro atoms. The van der Waals surface area contributed by atoms with Crippen LogP contribution in [0.2, 0.25) is 5.04 Å². The number of halogens is 1. The van der Waals surface area contributed by atoms with Crippen molar-refractivity contribution in [3.05, 3.63) is 79.4 Å². The molecule has 120 valence electrons. The summed E-state index contributed by atoms with van der Waals surface area (Å²) in [4.78, 5) is 6.42. The molecule has 1 heterocycles. The van der Waals surface area contributed by atoms with Gasteiger partial charge in [-0.25, -0.2) is 4.98 Å². The van der Waals surface area contributed by atoms with Crippen molar-refractivity contribution in [3.8, 4) is 0 Å². The zero-order valence-electron chi connectivity index (χ0n) is 13.8. The highest BCUT2D eigenvalue weighted by molar-refractivity contribution is 7.35. The van der Waals surface area contributed by atoms with Crippen LogP contribution < -0.4 is 10.4 Å². The third kappa shape index (κ3) is 4.12. The fraction of sp³-hybridized carbons (Fsp3) is 0.211. The normalized spacial score (nSPS) is 11.5. The maximum atomic E-state index is 7.21. The van der Waals surface area contributed by atoms with Gasteiger partial charge in [0.2, 0.25) is 7.38 Å². The van der Waals surface area contributed by atoms with Gasteiger partial charge in [-0.3, -0.25) is 0 Å². The number of nitrogens with one attached hydrogen (secondary N) is 1. The first-order valence-electron chi connectivity index (χ1n) is 7.69. The maximum Gasteiger partial charge on any atom is 0.222 e. The molecule has 1 N–H and O–H groups in total. The van der Waals surface area contributed by atoms with E-state index in [0.717, 1.165) is 0 Å². The lowest BCUT2D eigenvalue weighted by Gasteiger charge is -2.38. The smallest absolute Gasteiger partial charge is 0.222 e. The molecule has 0 atom stereocenters. The molecule has 3 rings (SSSR count). The molecule has 2 nitrogen and oxygen atoms in total. The first kappa shape index (κ1) is 17.5. The molecule has 1 aromatic heterocycles. The molecule has 23 heavy (non-hydrogen) atoms. The predicted molar refractivity (Wildman–Crippen MR) is 102 cm³/mol. The van der Waals surface area contributed by atoms with Crippen molar-refractivity contribution in [2.45, 2.75) is 25.8 Å². The van der Waals surface area contributed by atoms with Gasteiger partial charge < -0.3 is 4.98 Å². The Morgan fingerprint density at radius 3 is 1.61 bits per heavy atom. The molecule has 0 fully saturated rings. The van der Waals surface area contributed by atoms with E-state index in [4.69, 9.17) is 11.1 Å². The van der Waals surface area contributed by atoms with E-state index >= 15 is 0 Å². The van der Waals surface area contributed by atoms with Crippen LogP contribution in [-0.4, -0.2) is 17.4 Å². The van der Waals surface area contributed by atoms with Crippen LogP contribution in [0.4, 0.5) is 0 Å². The second kappa shape index (κ2) is 7.62. The molecule has 2 aromatic carbocycles. The van der Waals surface area contributed by atoms with Gasteiger partial charge in [0.15, 0.2) is 0 Å². The SMILES string of the molecule is CC(C)(C)[Si](Cl)(c1ccccc1)c1ccccc1.c1c[nH]cn1. The summed E-state index contributed by atoms with van der Waals surface area (Å²) in [6.45, 7) is 6.73. The van der Waals surface area contributed by atoms with Gasteiger partial charge in [-0.15, -0.1) is 0 Å². The number of hydrogen-bond acceptors (Lipinski definition) is 1. The Hall–Kier alpha value is -1.84. The minimum absolute atomic E-state index is 0.0667. The Morgan fingerprint density at radius 2 is 1.35 bits per heavy atom. The predicted octanol–water partition coefficient (Wildman–Crippen LogP) is 4.19. The molecule has 4 heteroatoms. The summed E-state index contributed by atoms with van der Waals surface area (Å²) in [6.07, 6.45) is 5.08. The molecule has 0 aliphatic heterocycles. The van der Waals surface area contributed by atoms with E-state index < -0.39 is 7.38 Å². The largest absolute Gasteiger partial charge is 0.351 e. The molecule has 0 amide bonds. The Balaban J connectivity index is 0.000000326. The number of aromatic nitrogens is 2. The van der Waals surface area contributed by atoms with Crippen LogP contribution in [0.25, 0.3) is 0 Å². The number of hydrogen-bond donors (Lipinski definition) is 1. The third-order valence-corrected chi connectivity index (χ3v) is 11.1. The van der Waals surface area contributed by atoms with E-state index in [-0.39, 0.29) is 5.04 Å². The van der Waals surface area contributed by atoms with Crippen LogP contribution in [-0.2, 0) is 0 Å². The molecular weight excluding hydrogens is 320 g/mol. The number of H-pyrrole nitrogens is 1. The van der Waals surface area contributed by atoms with Crippen molar-refractivity contribution >= 4 is 28.8 Å². The second-order valence-corrected chi connectivity index (χ2v) is 12.1. The Bertz CT molecular complexity index is 620. The number of aromatic amines is 1. The van der Waals surface area contributed by atoms with E-state index in [1.54, 1.807) is 18.7 Å². The summed E-state index contributed by atoms with van der Waals surface area (Å²) in [5.74, 6) is 0. The standard InChI is InChI=1S/C16H19ClSi.C3H4N2/c1-16(2,3)18(17,14-10-6-4-7-11-14)15-12-8-5-9-13-15;1-2-5-3-4-1/h4-13H,1-3H3;1-3H,(H,4,5). The monoisotopic (exact) mass is 342 g/mol. The molecule has 3 aromatic rings. The van der Waals surface area contributed by atoms with Gasteiger partial charge in [0.25, 0.3) is 0 Å². The summed E-state index contributed by atoms with van der Waals surface area (Å²) in [5, 5.41) is 2.63. The van der Waals surface area contributed by atoms with Crippen LogP contribution >= 0.6 is 11.1 Å². The summed E-state index contributed by atoms with van der Waals surface area (Å²) in [7, 11) is -2.23. The lowest BCUT2D eigenvalue weighted by molar-refractivity contribution is 0.744. The number of nitrogens with zero attached hydrogens (tertiary/aromatic N) is 1. The van der Waals surface area contributed by atoms with Gasteiger partial charge in [-0.05, 0) is 15.4 Å². The first-order valence-corrected chi connectivity index (χ1v) is 10.7. The van der Waals surface area contributed by atoms with Crippen LogP contribution in [0.5, 0.6) is 0 Å². The van der Waals surface area contributed by atoms with Gasteiger partial charge in [-0.2, -0.15) is 11.1 Å². The first-order chi connectivity index (χ1) is 11.0. The second-order valence-electron chi connectivity index (χ2n) is 6.40. The van der Waals surface area contributed by atoms with Crippen LogP contribution in [0.1, 0.15) is 20.8 Å². The van der Waals surface area contributed by atoms with Gasteiger partial charge in [0, 0.05) is 12.4 Å². The lowest BCUT2D eigenvalue weighted by Crippen LogP contribution is -2.59. The minimum Gasteiger partial charge on any atom is -0.351 e. The Labute approximate surface area is 144 Å². The van der Waals surface area contributed by atoms with Crippen molar-refractivity contribution < 1.29 is 0 Å². The molecule has 0 aliphatic carbocycles. The number of rotatable bonds is 2. The minimum atomic E-state index is -2.23.